The van der Waals surface area contributed by atoms with Crippen molar-refractivity contribution in [2.24, 2.45) is 0 Å². The Hall–Kier alpha value is -1.85. The lowest BCUT2D eigenvalue weighted by Crippen LogP contribution is -2.64. The first kappa shape index (κ1) is 19.5. The summed E-state index contributed by atoms with van der Waals surface area (Å²) in [7, 11) is 1.77. The Morgan fingerprint density at radius 1 is 1.04 bits per heavy atom. The molecule has 0 aromatic heterocycles. The van der Waals surface area contributed by atoms with Crippen LogP contribution in [0.25, 0.3) is 0 Å². The molecule has 2 rings (SSSR count). The molecule has 0 spiro atoms. The molecule has 2 aliphatic rings. The molecule has 0 aromatic carbocycles. The van der Waals surface area contributed by atoms with Gasteiger partial charge in [-0.25, -0.2) is 9.59 Å². The lowest BCUT2D eigenvalue weighted by Gasteiger charge is -2.38. The summed E-state index contributed by atoms with van der Waals surface area (Å²) in [5.74, 6) is -3.78. The summed E-state index contributed by atoms with van der Waals surface area (Å²) in [6, 6.07) is 0. The molecule has 0 aromatic rings. The summed E-state index contributed by atoms with van der Waals surface area (Å²) < 4.78 is 51.5. The zero-order valence-corrected chi connectivity index (χ0v) is 14.5. The van der Waals surface area contributed by atoms with Crippen LogP contribution in [0, 0.1) is 0 Å². The van der Waals surface area contributed by atoms with Gasteiger partial charge < -0.3 is 19.5 Å². The largest absolute Gasteiger partial charge is 0.465 e. The van der Waals surface area contributed by atoms with Crippen LogP contribution in [0.2, 0.25) is 0 Å². The van der Waals surface area contributed by atoms with Crippen LogP contribution in [0.3, 0.4) is 0 Å². The molecule has 0 bridgehead atoms. The molecule has 0 radical (unpaired) electrons. The van der Waals surface area contributed by atoms with E-state index >= 15 is 0 Å². The van der Waals surface area contributed by atoms with Crippen LogP contribution in [0.5, 0.6) is 0 Å². The van der Waals surface area contributed by atoms with E-state index in [0.29, 0.717) is 5.06 Å². The number of fused-ring (bicyclic) bond motifs is 1. The molecule has 1 unspecified atom stereocenters. The number of hydroxylamine groups is 4. The summed E-state index contributed by atoms with van der Waals surface area (Å²) in [6.07, 6.45) is -5.23. The second-order valence-corrected chi connectivity index (χ2v) is 6.67. The molecule has 8 nitrogen and oxygen atoms in total. The van der Waals surface area contributed by atoms with E-state index in [1.54, 1.807) is 0 Å². The standard InChI is InChI=1S/C14H19F3N2O6/c1-11(2)12(3,4)19-13(18(11)22,14(15,16)17)7(9(20)23-5)8(25-19)10(21)24-6/h22H,1-6H3. The SMILES string of the molecule is COC(=O)C1=C(C(=O)OC)C2(C(F)(F)F)N(O)C(C)(C)C(C)(C)N2O1. The molecule has 11 heteroatoms. The maximum Gasteiger partial charge on any atom is 0.430 e. The number of methoxy groups -OCH3 is 2. The van der Waals surface area contributed by atoms with E-state index in [1.165, 1.54) is 27.7 Å². The van der Waals surface area contributed by atoms with Crippen molar-refractivity contribution in [3.8, 4) is 0 Å². The Morgan fingerprint density at radius 2 is 1.52 bits per heavy atom. The average Bonchev–Trinajstić information content (AvgIpc) is 2.93. The van der Waals surface area contributed by atoms with Gasteiger partial charge in [0.2, 0.25) is 5.76 Å². The van der Waals surface area contributed by atoms with E-state index in [2.05, 4.69) is 9.47 Å². The van der Waals surface area contributed by atoms with E-state index in [1.807, 2.05) is 0 Å². The van der Waals surface area contributed by atoms with Gasteiger partial charge in [-0.3, -0.25) is 0 Å². The number of alkyl halides is 3. The Balaban J connectivity index is 2.92. The fourth-order valence-corrected chi connectivity index (χ4v) is 3.03. The van der Waals surface area contributed by atoms with E-state index in [0.717, 1.165) is 14.2 Å². The third kappa shape index (κ3) is 2.06. The van der Waals surface area contributed by atoms with Crippen LogP contribution < -0.4 is 0 Å². The zero-order chi connectivity index (χ0) is 19.6. The van der Waals surface area contributed by atoms with Gasteiger partial charge in [0.05, 0.1) is 25.3 Å². The third-order valence-corrected chi connectivity index (χ3v) is 5.05. The molecule has 0 aliphatic carbocycles. The molecule has 2 aliphatic heterocycles. The van der Waals surface area contributed by atoms with Crippen LogP contribution in [0.4, 0.5) is 13.2 Å². The van der Waals surface area contributed by atoms with Crippen molar-refractivity contribution in [3.05, 3.63) is 11.3 Å². The van der Waals surface area contributed by atoms with Gasteiger partial charge in [-0.2, -0.15) is 13.2 Å². The highest BCUT2D eigenvalue weighted by Gasteiger charge is 2.83. The Labute approximate surface area is 141 Å². The van der Waals surface area contributed by atoms with Gasteiger partial charge in [0, 0.05) is 0 Å². The molecule has 1 saturated heterocycles. The van der Waals surface area contributed by atoms with E-state index in [4.69, 9.17) is 4.84 Å². The van der Waals surface area contributed by atoms with E-state index < -0.39 is 46.2 Å². The Kier molecular flexibility index (Phi) is 4.15. The number of halogens is 3. The van der Waals surface area contributed by atoms with E-state index in [9.17, 15) is 28.0 Å². The van der Waals surface area contributed by atoms with Crippen molar-refractivity contribution in [3.63, 3.8) is 0 Å². The lowest BCUT2D eigenvalue weighted by atomic mass is 9.84. The Morgan fingerprint density at radius 3 is 1.92 bits per heavy atom. The predicted octanol–water partition coefficient (Wildman–Crippen LogP) is 1.35. The smallest absolute Gasteiger partial charge is 0.430 e. The van der Waals surface area contributed by atoms with Crippen LogP contribution in [-0.2, 0) is 23.9 Å². The van der Waals surface area contributed by atoms with E-state index in [-0.39, 0.29) is 5.06 Å². The monoisotopic (exact) mass is 368 g/mol. The summed E-state index contributed by atoms with van der Waals surface area (Å²) in [4.78, 5) is 29.2. The topological polar surface area (TPSA) is 88.5 Å². The summed E-state index contributed by atoms with van der Waals surface area (Å²) in [5.41, 5.74) is -7.64. The molecular weight excluding hydrogens is 349 g/mol. The van der Waals surface area contributed by atoms with Crippen molar-refractivity contribution < 1.29 is 42.3 Å². The number of nitrogens with zero attached hydrogens (tertiary/aromatic N) is 2. The molecule has 1 N–H and O–H groups in total. The molecule has 1 atom stereocenters. The fraction of sp³-hybridized carbons (Fsp3) is 0.714. The average molecular weight is 368 g/mol. The summed E-state index contributed by atoms with van der Waals surface area (Å²) in [5, 5.41) is 10.9. The van der Waals surface area contributed by atoms with Crippen molar-refractivity contribution in [2.75, 3.05) is 14.2 Å². The molecule has 0 saturated carbocycles. The Bertz CT molecular complexity index is 657. The highest BCUT2D eigenvalue weighted by molar-refractivity contribution is 6.01. The van der Waals surface area contributed by atoms with Crippen molar-refractivity contribution >= 4 is 11.9 Å². The zero-order valence-electron chi connectivity index (χ0n) is 14.5. The number of carbonyl (C=O) groups excluding carboxylic acids is 2. The first-order chi connectivity index (χ1) is 11.2. The number of hydrogen-bond donors (Lipinski definition) is 1. The highest BCUT2D eigenvalue weighted by Crippen LogP contribution is 2.61. The van der Waals surface area contributed by atoms with Gasteiger partial charge in [0.1, 0.15) is 5.57 Å². The van der Waals surface area contributed by atoms with Crippen LogP contribution >= 0.6 is 0 Å². The van der Waals surface area contributed by atoms with Gasteiger partial charge in [-0.05, 0) is 27.7 Å². The maximum absolute atomic E-state index is 14.2. The molecule has 142 valence electrons. The minimum absolute atomic E-state index is 0.0256. The minimum atomic E-state index is -5.23. The highest BCUT2D eigenvalue weighted by atomic mass is 19.4. The van der Waals surface area contributed by atoms with Crippen LogP contribution in [0.1, 0.15) is 27.7 Å². The number of rotatable bonds is 2. The van der Waals surface area contributed by atoms with Crippen LogP contribution in [0.15, 0.2) is 11.3 Å². The first-order valence-corrected chi connectivity index (χ1v) is 7.18. The number of esters is 2. The van der Waals surface area contributed by atoms with Gasteiger partial charge in [0.15, 0.2) is 0 Å². The molecule has 25 heavy (non-hydrogen) atoms. The maximum atomic E-state index is 14.2. The molecule has 1 fully saturated rings. The van der Waals surface area contributed by atoms with Crippen molar-refractivity contribution in [1.82, 2.24) is 10.1 Å². The van der Waals surface area contributed by atoms with Crippen LogP contribution in [-0.4, -0.2) is 64.4 Å². The first-order valence-electron chi connectivity index (χ1n) is 7.18. The second kappa shape index (κ2) is 5.32. The number of carbonyl (C=O) groups is 2. The summed E-state index contributed by atoms with van der Waals surface area (Å²) >= 11 is 0. The van der Waals surface area contributed by atoms with Gasteiger partial charge in [0.25, 0.3) is 5.66 Å². The summed E-state index contributed by atoms with van der Waals surface area (Å²) in [6.45, 7) is 5.43. The quantitative estimate of drug-likeness (QED) is 0.731. The van der Waals surface area contributed by atoms with Crippen molar-refractivity contribution in [2.45, 2.75) is 50.6 Å². The molecular formula is C14H19F3N2O6. The normalized spacial score (nSPS) is 28.6. The second-order valence-electron chi connectivity index (χ2n) is 6.67. The van der Waals surface area contributed by atoms with Gasteiger partial charge in [-0.1, -0.05) is 5.06 Å². The number of ether oxygens (including phenoxy) is 2. The van der Waals surface area contributed by atoms with Gasteiger partial charge >= 0.3 is 18.1 Å². The third-order valence-electron chi connectivity index (χ3n) is 5.05. The lowest BCUT2D eigenvalue weighted by molar-refractivity contribution is -0.355. The fourth-order valence-electron chi connectivity index (χ4n) is 3.03. The number of hydrogen-bond acceptors (Lipinski definition) is 8. The predicted molar refractivity (Wildman–Crippen MR) is 74.6 cm³/mol. The minimum Gasteiger partial charge on any atom is -0.465 e. The molecule has 0 amide bonds. The molecule has 2 heterocycles. The van der Waals surface area contributed by atoms with Crippen molar-refractivity contribution in [1.29, 1.82) is 0 Å². The van der Waals surface area contributed by atoms with Gasteiger partial charge in [-0.15, -0.1) is 5.06 Å².